The normalized spacial score (nSPS) is 10.8. The molecule has 0 spiro atoms. The van der Waals surface area contributed by atoms with Crippen LogP contribution in [0.1, 0.15) is 23.1 Å². The number of aromatic nitrogens is 4. The molecular weight excluding hydrogens is 180 g/mol. The van der Waals surface area contributed by atoms with E-state index < -0.39 is 0 Å². The van der Waals surface area contributed by atoms with Crippen LogP contribution in [0.5, 0.6) is 0 Å². The molecule has 0 saturated heterocycles. The molecule has 0 aromatic carbocycles. The molecule has 0 atom stereocenters. The highest BCUT2D eigenvalue weighted by molar-refractivity contribution is 5.07. The molecular formula is C9H12N4O. The van der Waals surface area contributed by atoms with Crippen molar-refractivity contribution in [3.8, 4) is 0 Å². The van der Waals surface area contributed by atoms with Crippen LogP contribution in [0.15, 0.2) is 10.6 Å². The zero-order chi connectivity index (χ0) is 10.1. The Labute approximate surface area is 81.7 Å². The van der Waals surface area contributed by atoms with Gasteiger partial charge in [-0.05, 0) is 19.9 Å². The van der Waals surface area contributed by atoms with Gasteiger partial charge in [0, 0.05) is 12.6 Å². The Morgan fingerprint density at radius 1 is 1.36 bits per heavy atom. The number of rotatable bonds is 2. The number of aryl methyl sites for hydroxylation is 3. The standard InChI is InChI=1S/C9H12N4O/c1-6-4-7(2)13(11-6)5-9-10-8(3)14-12-9/h4H,5H2,1-3H3. The van der Waals surface area contributed by atoms with E-state index in [1.165, 1.54) is 0 Å². The molecule has 14 heavy (non-hydrogen) atoms. The van der Waals surface area contributed by atoms with Crippen LogP contribution in [-0.4, -0.2) is 19.9 Å². The predicted octanol–water partition coefficient (Wildman–Crippen LogP) is 1.24. The van der Waals surface area contributed by atoms with Crippen molar-refractivity contribution < 1.29 is 4.52 Å². The summed E-state index contributed by atoms with van der Waals surface area (Å²) < 4.78 is 6.74. The van der Waals surface area contributed by atoms with E-state index in [2.05, 4.69) is 15.2 Å². The van der Waals surface area contributed by atoms with Crippen LogP contribution < -0.4 is 0 Å². The molecule has 2 aromatic rings. The van der Waals surface area contributed by atoms with Crippen LogP contribution in [0.2, 0.25) is 0 Å². The van der Waals surface area contributed by atoms with Crippen molar-refractivity contribution >= 4 is 0 Å². The molecule has 0 N–H and O–H groups in total. The summed E-state index contributed by atoms with van der Waals surface area (Å²) in [5, 5.41) is 8.12. The lowest BCUT2D eigenvalue weighted by molar-refractivity contribution is 0.385. The van der Waals surface area contributed by atoms with Crippen LogP contribution in [0.3, 0.4) is 0 Å². The minimum atomic E-state index is 0.566. The summed E-state index contributed by atoms with van der Waals surface area (Å²) in [6.07, 6.45) is 0. The summed E-state index contributed by atoms with van der Waals surface area (Å²) >= 11 is 0. The molecule has 0 fully saturated rings. The fourth-order valence-corrected chi connectivity index (χ4v) is 1.37. The third kappa shape index (κ3) is 1.66. The Kier molecular flexibility index (Phi) is 2.07. The number of hydrogen-bond donors (Lipinski definition) is 0. The predicted molar refractivity (Wildman–Crippen MR) is 49.8 cm³/mol. The smallest absolute Gasteiger partial charge is 0.223 e. The van der Waals surface area contributed by atoms with E-state index >= 15 is 0 Å². The summed E-state index contributed by atoms with van der Waals surface area (Å²) in [5.74, 6) is 1.25. The molecule has 2 rings (SSSR count). The fourth-order valence-electron chi connectivity index (χ4n) is 1.37. The van der Waals surface area contributed by atoms with Gasteiger partial charge in [-0.15, -0.1) is 0 Å². The van der Waals surface area contributed by atoms with Gasteiger partial charge in [-0.3, -0.25) is 4.68 Å². The second-order valence-corrected chi connectivity index (χ2v) is 3.31. The molecule has 0 aliphatic heterocycles. The molecule has 2 aromatic heterocycles. The zero-order valence-electron chi connectivity index (χ0n) is 8.48. The van der Waals surface area contributed by atoms with Crippen molar-refractivity contribution in [1.29, 1.82) is 0 Å². The highest BCUT2D eigenvalue weighted by atomic mass is 16.5. The zero-order valence-corrected chi connectivity index (χ0v) is 8.48. The van der Waals surface area contributed by atoms with Gasteiger partial charge in [-0.2, -0.15) is 10.1 Å². The maximum absolute atomic E-state index is 4.88. The molecule has 5 nitrogen and oxygen atoms in total. The fraction of sp³-hybridized carbons (Fsp3) is 0.444. The summed E-state index contributed by atoms with van der Waals surface area (Å²) in [4.78, 5) is 4.12. The topological polar surface area (TPSA) is 56.7 Å². The van der Waals surface area contributed by atoms with Gasteiger partial charge in [0.05, 0.1) is 5.69 Å². The molecule has 0 aliphatic carbocycles. The Bertz CT molecular complexity index is 443. The molecule has 2 heterocycles. The molecule has 0 amide bonds. The van der Waals surface area contributed by atoms with Gasteiger partial charge in [0.1, 0.15) is 6.54 Å². The SMILES string of the molecule is Cc1cc(C)n(Cc2noc(C)n2)n1. The lowest BCUT2D eigenvalue weighted by atomic mass is 10.4. The maximum Gasteiger partial charge on any atom is 0.223 e. The van der Waals surface area contributed by atoms with Crippen LogP contribution in [0, 0.1) is 20.8 Å². The third-order valence-corrected chi connectivity index (χ3v) is 1.96. The van der Waals surface area contributed by atoms with Gasteiger partial charge in [-0.25, -0.2) is 0 Å². The van der Waals surface area contributed by atoms with Gasteiger partial charge in [-0.1, -0.05) is 5.16 Å². The Morgan fingerprint density at radius 3 is 2.64 bits per heavy atom. The first-order chi connectivity index (χ1) is 6.65. The van der Waals surface area contributed by atoms with Crippen molar-refractivity contribution in [2.24, 2.45) is 0 Å². The van der Waals surface area contributed by atoms with Crippen LogP contribution in [0.25, 0.3) is 0 Å². The molecule has 0 unspecified atom stereocenters. The monoisotopic (exact) mass is 192 g/mol. The molecule has 74 valence electrons. The van der Waals surface area contributed by atoms with E-state index in [0.717, 1.165) is 11.4 Å². The first-order valence-electron chi connectivity index (χ1n) is 4.45. The van der Waals surface area contributed by atoms with Gasteiger partial charge < -0.3 is 4.52 Å². The summed E-state index contributed by atoms with van der Waals surface area (Å²) in [6, 6.07) is 2.02. The Morgan fingerprint density at radius 2 is 2.14 bits per heavy atom. The minimum Gasteiger partial charge on any atom is -0.340 e. The molecule has 5 heteroatoms. The number of nitrogens with zero attached hydrogens (tertiary/aromatic N) is 4. The van der Waals surface area contributed by atoms with Crippen LogP contribution in [-0.2, 0) is 6.54 Å². The summed E-state index contributed by atoms with van der Waals surface area (Å²) in [5.41, 5.74) is 2.10. The van der Waals surface area contributed by atoms with E-state index in [4.69, 9.17) is 4.52 Å². The highest BCUT2D eigenvalue weighted by Crippen LogP contribution is 2.04. The van der Waals surface area contributed by atoms with E-state index in [1.807, 2.05) is 24.6 Å². The summed E-state index contributed by atoms with van der Waals surface area (Å²) in [6.45, 7) is 6.31. The quantitative estimate of drug-likeness (QED) is 0.718. The van der Waals surface area contributed by atoms with E-state index in [9.17, 15) is 0 Å². The Hall–Kier alpha value is -1.65. The second-order valence-electron chi connectivity index (χ2n) is 3.31. The second kappa shape index (κ2) is 3.25. The van der Waals surface area contributed by atoms with Crippen molar-refractivity contribution in [1.82, 2.24) is 19.9 Å². The van der Waals surface area contributed by atoms with Crippen LogP contribution in [0.4, 0.5) is 0 Å². The largest absolute Gasteiger partial charge is 0.340 e. The molecule has 0 saturated carbocycles. The van der Waals surface area contributed by atoms with Gasteiger partial charge in [0.2, 0.25) is 5.89 Å². The van der Waals surface area contributed by atoms with Crippen LogP contribution >= 0.6 is 0 Å². The van der Waals surface area contributed by atoms with Gasteiger partial charge >= 0.3 is 0 Å². The van der Waals surface area contributed by atoms with E-state index in [0.29, 0.717) is 18.3 Å². The molecule has 0 radical (unpaired) electrons. The Balaban J connectivity index is 2.22. The van der Waals surface area contributed by atoms with Gasteiger partial charge in [0.25, 0.3) is 0 Å². The molecule has 0 bridgehead atoms. The van der Waals surface area contributed by atoms with E-state index in [1.54, 1.807) is 6.92 Å². The highest BCUT2D eigenvalue weighted by Gasteiger charge is 2.06. The summed E-state index contributed by atoms with van der Waals surface area (Å²) in [7, 11) is 0. The van der Waals surface area contributed by atoms with E-state index in [-0.39, 0.29) is 0 Å². The van der Waals surface area contributed by atoms with Crippen molar-refractivity contribution in [2.75, 3.05) is 0 Å². The van der Waals surface area contributed by atoms with Gasteiger partial charge in [0.15, 0.2) is 5.82 Å². The minimum absolute atomic E-state index is 0.566. The first kappa shape index (κ1) is 8.93. The number of hydrogen-bond acceptors (Lipinski definition) is 4. The van der Waals surface area contributed by atoms with Crippen molar-refractivity contribution in [3.05, 3.63) is 29.2 Å². The lowest BCUT2D eigenvalue weighted by Crippen LogP contribution is -2.05. The first-order valence-corrected chi connectivity index (χ1v) is 4.45. The third-order valence-electron chi connectivity index (χ3n) is 1.96. The van der Waals surface area contributed by atoms with Crippen molar-refractivity contribution in [2.45, 2.75) is 27.3 Å². The average molecular weight is 192 g/mol. The van der Waals surface area contributed by atoms with Crippen molar-refractivity contribution in [3.63, 3.8) is 0 Å². The molecule has 0 aliphatic rings. The maximum atomic E-state index is 4.88. The average Bonchev–Trinajstić information content (AvgIpc) is 2.61. The lowest BCUT2D eigenvalue weighted by Gasteiger charge is -1.98.